The molecule has 0 heterocycles. The third-order valence-electron chi connectivity index (χ3n) is 3.59. The van der Waals surface area contributed by atoms with Crippen LogP contribution in [-0.2, 0) is 4.79 Å². The summed E-state index contributed by atoms with van der Waals surface area (Å²) < 4.78 is 0. The summed E-state index contributed by atoms with van der Waals surface area (Å²) in [5.41, 5.74) is 0. The van der Waals surface area contributed by atoms with Crippen molar-refractivity contribution < 1.29 is 9.90 Å². The topological polar surface area (TPSA) is 40.5 Å². The van der Waals surface area contributed by atoms with Crippen LogP contribution in [0.1, 0.15) is 19.8 Å². The monoisotopic (exact) mass is 313 g/mol. The lowest BCUT2D eigenvalue weighted by Gasteiger charge is -2.35. The predicted molar refractivity (Wildman–Crippen MR) is 83.1 cm³/mol. The molecular weight excluding hydrogens is 294 g/mol. The SMILES string of the molecule is CC(Sc1ccc(Cl)cc1)C(=O)N(C)CC1CC(O)C1. The van der Waals surface area contributed by atoms with Crippen molar-refractivity contribution >= 4 is 29.3 Å². The maximum Gasteiger partial charge on any atom is 0.235 e. The van der Waals surface area contributed by atoms with E-state index >= 15 is 0 Å². The van der Waals surface area contributed by atoms with Gasteiger partial charge in [0.15, 0.2) is 0 Å². The Labute approximate surface area is 129 Å². The second-order valence-corrected chi connectivity index (χ2v) is 7.27. The van der Waals surface area contributed by atoms with Crippen molar-refractivity contribution in [1.82, 2.24) is 4.90 Å². The summed E-state index contributed by atoms with van der Waals surface area (Å²) >= 11 is 7.39. The quantitative estimate of drug-likeness (QED) is 0.849. The fraction of sp³-hybridized carbons (Fsp3) is 0.533. The molecule has 1 saturated carbocycles. The summed E-state index contributed by atoms with van der Waals surface area (Å²) in [6, 6.07) is 7.53. The second kappa shape index (κ2) is 6.83. The molecule has 0 bridgehead atoms. The lowest BCUT2D eigenvalue weighted by molar-refractivity contribution is -0.130. The summed E-state index contributed by atoms with van der Waals surface area (Å²) in [5, 5.41) is 9.86. The average Bonchev–Trinajstić information content (AvgIpc) is 2.38. The zero-order chi connectivity index (χ0) is 14.7. The van der Waals surface area contributed by atoms with Gasteiger partial charge in [-0.2, -0.15) is 0 Å². The molecule has 0 saturated heterocycles. The number of benzene rings is 1. The van der Waals surface area contributed by atoms with E-state index in [4.69, 9.17) is 11.6 Å². The molecule has 0 radical (unpaired) electrons. The van der Waals surface area contributed by atoms with Crippen molar-refractivity contribution in [3.8, 4) is 0 Å². The Bertz CT molecular complexity index is 459. The van der Waals surface area contributed by atoms with Crippen LogP contribution in [0.15, 0.2) is 29.2 Å². The van der Waals surface area contributed by atoms with Crippen molar-refractivity contribution in [2.45, 2.75) is 36.0 Å². The van der Waals surface area contributed by atoms with Crippen LogP contribution in [0.2, 0.25) is 5.02 Å². The molecule has 110 valence electrons. The molecule has 3 nitrogen and oxygen atoms in total. The van der Waals surface area contributed by atoms with E-state index in [2.05, 4.69) is 0 Å². The molecule has 1 amide bonds. The van der Waals surface area contributed by atoms with Crippen molar-refractivity contribution in [1.29, 1.82) is 0 Å². The Hall–Kier alpha value is -0.710. The molecule has 20 heavy (non-hydrogen) atoms. The number of halogens is 1. The molecule has 1 aromatic carbocycles. The Kier molecular flexibility index (Phi) is 5.35. The van der Waals surface area contributed by atoms with Gasteiger partial charge in [-0.25, -0.2) is 0 Å². The molecule has 2 rings (SSSR count). The van der Waals surface area contributed by atoms with Crippen LogP contribution in [0.4, 0.5) is 0 Å². The Balaban J connectivity index is 1.83. The molecule has 0 spiro atoms. The maximum atomic E-state index is 12.3. The lowest BCUT2D eigenvalue weighted by Crippen LogP contribution is -2.41. The van der Waals surface area contributed by atoms with Gasteiger partial charge < -0.3 is 10.0 Å². The van der Waals surface area contributed by atoms with Crippen LogP contribution in [0, 0.1) is 5.92 Å². The van der Waals surface area contributed by atoms with Gasteiger partial charge in [0.05, 0.1) is 11.4 Å². The smallest absolute Gasteiger partial charge is 0.235 e. The first-order chi connectivity index (χ1) is 9.45. The van der Waals surface area contributed by atoms with Crippen molar-refractivity contribution in [3.05, 3.63) is 29.3 Å². The zero-order valence-electron chi connectivity index (χ0n) is 11.8. The number of carbonyl (C=O) groups excluding carboxylic acids is 1. The molecule has 0 aliphatic heterocycles. The van der Waals surface area contributed by atoms with E-state index in [1.54, 1.807) is 16.7 Å². The van der Waals surface area contributed by atoms with Crippen LogP contribution in [0.3, 0.4) is 0 Å². The molecule has 1 unspecified atom stereocenters. The fourth-order valence-corrected chi connectivity index (χ4v) is 3.51. The molecule has 1 aliphatic rings. The number of aliphatic hydroxyl groups excluding tert-OH is 1. The van der Waals surface area contributed by atoms with Gasteiger partial charge in [0, 0.05) is 23.5 Å². The number of hydrogen-bond donors (Lipinski definition) is 1. The number of aliphatic hydroxyl groups is 1. The van der Waals surface area contributed by atoms with Crippen LogP contribution in [-0.4, -0.2) is 40.9 Å². The van der Waals surface area contributed by atoms with Gasteiger partial charge in [0.2, 0.25) is 5.91 Å². The minimum Gasteiger partial charge on any atom is -0.393 e. The van der Waals surface area contributed by atoms with E-state index in [0.717, 1.165) is 24.3 Å². The molecule has 1 aliphatic carbocycles. The number of nitrogens with zero attached hydrogens (tertiary/aromatic N) is 1. The minimum atomic E-state index is -0.163. The first-order valence-corrected chi connectivity index (χ1v) is 8.06. The highest BCUT2D eigenvalue weighted by Crippen LogP contribution is 2.29. The second-order valence-electron chi connectivity index (χ2n) is 5.42. The molecule has 5 heteroatoms. The summed E-state index contributed by atoms with van der Waals surface area (Å²) in [7, 11) is 1.84. The summed E-state index contributed by atoms with van der Waals surface area (Å²) in [6.07, 6.45) is 1.47. The maximum absolute atomic E-state index is 12.3. The normalized spacial score (nSPS) is 23.0. The lowest BCUT2D eigenvalue weighted by atomic mass is 9.82. The first kappa shape index (κ1) is 15.7. The van der Waals surface area contributed by atoms with Crippen molar-refractivity contribution in [2.75, 3.05) is 13.6 Å². The number of hydrogen-bond acceptors (Lipinski definition) is 3. The summed E-state index contributed by atoms with van der Waals surface area (Å²) in [4.78, 5) is 15.1. The number of thioether (sulfide) groups is 1. The van der Waals surface area contributed by atoms with E-state index in [-0.39, 0.29) is 17.3 Å². The van der Waals surface area contributed by atoms with E-state index in [9.17, 15) is 9.90 Å². The van der Waals surface area contributed by atoms with Gasteiger partial charge in [-0.3, -0.25) is 4.79 Å². The van der Waals surface area contributed by atoms with Gasteiger partial charge in [0.1, 0.15) is 0 Å². The van der Waals surface area contributed by atoms with E-state index in [0.29, 0.717) is 10.9 Å². The van der Waals surface area contributed by atoms with Gasteiger partial charge in [-0.15, -0.1) is 11.8 Å². The standard InChI is InChI=1S/C15H20ClNO2S/c1-10(20-14-5-3-12(16)4-6-14)15(19)17(2)9-11-7-13(18)8-11/h3-6,10-11,13,18H,7-9H2,1-2H3. The third-order valence-corrected chi connectivity index (χ3v) is 4.94. The van der Waals surface area contributed by atoms with Crippen LogP contribution >= 0.6 is 23.4 Å². The first-order valence-electron chi connectivity index (χ1n) is 6.81. The molecular formula is C15H20ClNO2S. The largest absolute Gasteiger partial charge is 0.393 e. The Morgan fingerprint density at radius 1 is 1.45 bits per heavy atom. The number of carbonyl (C=O) groups is 1. The van der Waals surface area contributed by atoms with Crippen LogP contribution < -0.4 is 0 Å². The molecule has 1 aromatic rings. The van der Waals surface area contributed by atoms with Crippen LogP contribution in [0.5, 0.6) is 0 Å². The molecule has 1 atom stereocenters. The Morgan fingerprint density at radius 3 is 2.60 bits per heavy atom. The van der Waals surface area contributed by atoms with Gasteiger partial charge >= 0.3 is 0 Å². The Morgan fingerprint density at radius 2 is 2.05 bits per heavy atom. The fourth-order valence-electron chi connectivity index (χ4n) is 2.40. The van der Waals surface area contributed by atoms with Gasteiger partial charge in [0.25, 0.3) is 0 Å². The number of amides is 1. The van der Waals surface area contributed by atoms with Crippen molar-refractivity contribution in [3.63, 3.8) is 0 Å². The number of rotatable bonds is 5. The van der Waals surface area contributed by atoms with E-state index < -0.39 is 0 Å². The van der Waals surface area contributed by atoms with Crippen LogP contribution in [0.25, 0.3) is 0 Å². The highest BCUT2D eigenvalue weighted by Gasteiger charge is 2.30. The van der Waals surface area contributed by atoms with Gasteiger partial charge in [-0.05, 0) is 49.9 Å². The summed E-state index contributed by atoms with van der Waals surface area (Å²) in [6.45, 7) is 2.66. The van der Waals surface area contributed by atoms with Crippen molar-refractivity contribution in [2.24, 2.45) is 5.92 Å². The summed E-state index contributed by atoms with van der Waals surface area (Å²) in [5.74, 6) is 0.582. The highest BCUT2D eigenvalue weighted by molar-refractivity contribution is 8.00. The predicted octanol–water partition coefficient (Wildman–Crippen LogP) is 3.05. The van der Waals surface area contributed by atoms with Gasteiger partial charge in [-0.1, -0.05) is 11.6 Å². The third kappa shape index (κ3) is 4.14. The average molecular weight is 314 g/mol. The zero-order valence-corrected chi connectivity index (χ0v) is 13.3. The highest BCUT2D eigenvalue weighted by atomic mass is 35.5. The van der Waals surface area contributed by atoms with E-state index in [1.807, 2.05) is 38.2 Å². The molecule has 0 aromatic heterocycles. The molecule has 1 N–H and O–H groups in total. The minimum absolute atomic E-state index is 0.119. The van der Waals surface area contributed by atoms with E-state index in [1.165, 1.54) is 0 Å². The molecule has 1 fully saturated rings.